The summed E-state index contributed by atoms with van der Waals surface area (Å²) in [4.78, 5) is 11.9. The van der Waals surface area contributed by atoms with Crippen molar-refractivity contribution in [1.29, 1.82) is 0 Å². The van der Waals surface area contributed by atoms with Crippen LogP contribution in [-0.4, -0.2) is 18.5 Å². The molecule has 1 aromatic carbocycles. The van der Waals surface area contributed by atoms with Crippen molar-refractivity contribution in [3.8, 4) is 0 Å². The molecule has 2 rings (SSSR count). The molecule has 0 bridgehead atoms. The van der Waals surface area contributed by atoms with Crippen LogP contribution in [0.15, 0.2) is 36.4 Å². The molecular weight excluding hydrogens is 212 g/mol. The van der Waals surface area contributed by atoms with E-state index in [4.69, 9.17) is 0 Å². The monoisotopic (exact) mass is 230 g/mol. The minimum atomic E-state index is -0.121. The van der Waals surface area contributed by atoms with Gasteiger partial charge >= 0.3 is 0 Å². The van der Waals surface area contributed by atoms with Gasteiger partial charge in [0.25, 0.3) is 0 Å². The maximum absolute atomic E-state index is 11.9. The second-order valence-corrected chi connectivity index (χ2v) is 4.58. The van der Waals surface area contributed by atoms with E-state index >= 15 is 0 Å². The van der Waals surface area contributed by atoms with Crippen molar-refractivity contribution in [2.24, 2.45) is 0 Å². The summed E-state index contributed by atoms with van der Waals surface area (Å²) in [5.74, 6) is 0.0579. The average Bonchev–Trinajstić information content (AvgIpc) is 2.35. The third kappa shape index (κ3) is 2.94. The number of hydrogen-bond donors (Lipinski definition) is 2. The number of fused-ring (bicyclic) bond motifs is 1. The molecule has 2 N–H and O–H groups in total. The van der Waals surface area contributed by atoms with E-state index in [0.29, 0.717) is 6.54 Å². The Bertz CT molecular complexity index is 440. The predicted octanol–water partition coefficient (Wildman–Crippen LogP) is 1.39. The SMILES string of the molecule is C=C(C)CNC(=O)C1Cc2ccccc2CN1. The van der Waals surface area contributed by atoms with Gasteiger partial charge in [-0.3, -0.25) is 4.79 Å². The summed E-state index contributed by atoms with van der Waals surface area (Å²) in [6, 6.07) is 8.12. The Hall–Kier alpha value is -1.61. The molecule has 0 saturated heterocycles. The molecule has 1 atom stereocenters. The van der Waals surface area contributed by atoms with E-state index in [1.54, 1.807) is 0 Å². The Morgan fingerprint density at radius 3 is 2.88 bits per heavy atom. The highest BCUT2D eigenvalue weighted by atomic mass is 16.2. The van der Waals surface area contributed by atoms with Crippen LogP contribution in [0.3, 0.4) is 0 Å². The highest BCUT2D eigenvalue weighted by molar-refractivity contribution is 5.82. The maximum Gasteiger partial charge on any atom is 0.237 e. The van der Waals surface area contributed by atoms with E-state index in [1.807, 2.05) is 19.1 Å². The van der Waals surface area contributed by atoms with Crippen LogP contribution >= 0.6 is 0 Å². The molecule has 0 fully saturated rings. The van der Waals surface area contributed by atoms with Gasteiger partial charge in [-0.25, -0.2) is 0 Å². The van der Waals surface area contributed by atoms with E-state index < -0.39 is 0 Å². The van der Waals surface area contributed by atoms with Gasteiger partial charge < -0.3 is 10.6 Å². The third-order valence-corrected chi connectivity index (χ3v) is 2.96. The Labute approximate surface area is 102 Å². The summed E-state index contributed by atoms with van der Waals surface area (Å²) in [7, 11) is 0. The number of carbonyl (C=O) groups is 1. The van der Waals surface area contributed by atoms with E-state index in [1.165, 1.54) is 11.1 Å². The Morgan fingerprint density at radius 2 is 2.18 bits per heavy atom. The first-order chi connectivity index (χ1) is 8.16. The van der Waals surface area contributed by atoms with Crippen molar-refractivity contribution in [2.45, 2.75) is 25.9 Å². The van der Waals surface area contributed by atoms with Crippen LogP contribution < -0.4 is 10.6 Å². The lowest BCUT2D eigenvalue weighted by Gasteiger charge is -2.25. The zero-order valence-electron chi connectivity index (χ0n) is 10.1. The van der Waals surface area contributed by atoms with E-state index in [9.17, 15) is 4.79 Å². The summed E-state index contributed by atoms with van der Waals surface area (Å²) >= 11 is 0. The van der Waals surface area contributed by atoms with Gasteiger partial charge in [0.2, 0.25) is 5.91 Å². The third-order valence-electron chi connectivity index (χ3n) is 2.96. The molecule has 1 amide bonds. The Kier molecular flexibility index (Phi) is 3.59. The summed E-state index contributed by atoms with van der Waals surface area (Å²) in [6.07, 6.45) is 0.762. The molecule has 3 nitrogen and oxygen atoms in total. The highest BCUT2D eigenvalue weighted by Crippen LogP contribution is 2.16. The molecule has 90 valence electrons. The van der Waals surface area contributed by atoms with E-state index in [-0.39, 0.29) is 11.9 Å². The second-order valence-electron chi connectivity index (χ2n) is 4.58. The first kappa shape index (κ1) is 11.9. The molecule has 0 aromatic heterocycles. The van der Waals surface area contributed by atoms with Crippen molar-refractivity contribution in [3.05, 3.63) is 47.5 Å². The molecule has 1 unspecified atom stereocenters. The van der Waals surface area contributed by atoms with Gasteiger partial charge in [0, 0.05) is 13.1 Å². The molecule has 0 radical (unpaired) electrons. The summed E-state index contributed by atoms with van der Waals surface area (Å²) in [5.41, 5.74) is 3.52. The highest BCUT2D eigenvalue weighted by Gasteiger charge is 2.23. The Balaban J connectivity index is 1.97. The van der Waals surface area contributed by atoms with Crippen LogP contribution in [-0.2, 0) is 17.8 Å². The molecule has 0 saturated carbocycles. The predicted molar refractivity (Wildman–Crippen MR) is 68.6 cm³/mol. The number of rotatable bonds is 3. The lowest BCUT2D eigenvalue weighted by atomic mass is 9.95. The van der Waals surface area contributed by atoms with Gasteiger partial charge in [0.15, 0.2) is 0 Å². The average molecular weight is 230 g/mol. The minimum Gasteiger partial charge on any atom is -0.351 e. The Morgan fingerprint density at radius 1 is 1.47 bits per heavy atom. The van der Waals surface area contributed by atoms with Crippen LogP contribution in [0.5, 0.6) is 0 Å². The maximum atomic E-state index is 11.9. The van der Waals surface area contributed by atoms with Crippen LogP contribution in [0, 0.1) is 0 Å². The van der Waals surface area contributed by atoms with Gasteiger partial charge in [-0.05, 0) is 24.5 Å². The summed E-state index contributed by atoms with van der Waals surface area (Å²) < 4.78 is 0. The standard InChI is InChI=1S/C14H18N2O/c1-10(2)8-16-14(17)13-7-11-5-3-4-6-12(11)9-15-13/h3-6,13,15H,1,7-9H2,2H3,(H,16,17). The lowest BCUT2D eigenvalue weighted by molar-refractivity contribution is -0.123. The van der Waals surface area contributed by atoms with Crippen molar-refractivity contribution in [2.75, 3.05) is 6.54 Å². The van der Waals surface area contributed by atoms with Gasteiger partial charge in [-0.2, -0.15) is 0 Å². The fraction of sp³-hybridized carbons (Fsp3) is 0.357. The molecule has 1 heterocycles. The molecule has 0 spiro atoms. The zero-order valence-corrected chi connectivity index (χ0v) is 10.1. The number of hydrogen-bond acceptors (Lipinski definition) is 2. The minimum absolute atomic E-state index is 0.0579. The first-order valence-electron chi connectivity index (χ1n) is 5.89. The van der Waals surface area contributed by atoms with Crippen molar-refractivity contribution < 1.29 is 4.79 Å². The molecule has 0 aliphatic carbocycles. The van der Waals surface area contributed by atoms with Crippen LogP contribution in [0.4, 0.5) is 0 Å². The molecule has 1 aliphatic heterocycles. The second kappa shape index (κ2) is 5.15. The van der Waals surface area contributed by atoms with Gasteiger partial charge in [0.05, 0.1) is 6.04 Å². The smallest absolute Gasteiger partial charge is 0.237 e. The number of nitrogens with one attached hydrogen (secondary N) is 2. The summed E-state index contributed by atoms with van der Waals surface area (Å²) in [5, 5.41) is 6.14. The molecule has 17 heavy (non-hydrogen) atoms. The van der Waals surface area contributed by atoms with Gasteiger partial charge in [-0.15, -0.1) is 0 Å². The number of carbonyl (C=O) groups excluding carboxylic acids is 1. The normalized spacial score (nSPS) is 18.3. The van der Waals surface area contributed by atoms with Crippen molar-refractivity contribution >= 4 is 5.91 Å². The summed E-state index contributed by atoms with van der Waals surface area (Å²) in [6.45, 7) is 7.00. The largest absolute Gasteiger partial charge is 0.351 e. The molecule has 1 aliphatic rings. The van der Waals surface area contributed by atoms with Crippen LogP contribution in [0.2, 0.25) is 0 Å². The van der Waals surface area contributed by atoms with Crippen LogP contribution in [0.1, 0.15) is 18.1 Å². The fourth-order valence-electron chi connectivity index (χ4n) is 2.00. The topological polar surface area (TPSA) is 41.1 Å². The number of amides is 1. The molecular formula is C14H18N2O. The van der Waals surface area contributed by atoms with Gasteiger partial charge in [0.1, 0.15) is 0 Å². The van der Waals surface area contributed by atoms with Gasteiger partial charge in [-0.1, -0.05) is 36.4 Å². The quantitative estimate of drug-likeness (QED) is 0.771. The fourth-order valence-corrected chi connectivity index (χ4v) is 2.00. The zero-order chi connectivity index (χ0) is 12.3. The van der Waals surface area contributed by atoms with Crippen LogP contribution in [0.25, 0.3) is 0 Å². The molecule has 1 aromatic rings. The van der Waals surface area contributed by atoms with E-state index in [0.717, 1.165) is 18.5 Å². The van der Waals surface area contributed by atoms with E-state index in [2.05, 4.69) is 29.3 Å². The van der Waals surface area contributed by atoms with Crippen molar-refractivity contribution in [1.82, 2.24) is 10.6 Å². The van der Waals surface area contributed by atoms with Crippen molar-refractivity contribution in [3.63, 3.8) is 0 Å². The molecule has 3 heteroatoms. The first-order valence-corrected chi connectivity index (χ1v) is 5.89. The lowest BCUT2D eigenvalue weighted by Crippen LogP contribution is -2.47. The number of benzene rings is 1.